The lowest BCUT2D eigenvalue weighted by Gasteiger charge is -2.07. The summed E-state index contributed by atoms with van der Waals surface area (Å²) in [6.07, 6.45) is 5.55. The highest BCUT2D eigenvalue weighted by molar-refractivity contribution is 6.32. The van der Waals surface area contributed by atoms with E-state index in [1.54, 1.807) is 24.3 Å². The van der Waals surface area contributed by atoms with Crippen LogP contribution in [0.2, 0.25) is 5.02 Å². The molecule has 148 valence electrons. The fraction of sp³-hybridized carbons (Fsp3) is 0.130. The van der Waals surface area contributed by atoms with E-state index in [0.29, 0.717) is 34.1 Å². The Morgan fingerprint density at radius 3 is 2.62 bits per heavy atom. The average molecular weight is 410 g/mol. The zero-order chi connectivity index (χ0) is 20.8. The topological polar surface area (TPSA) is 68.5 Å². The number of hydrogen-bond donors (Lipinski definition) is 1. The minimum atomic E-state index is -1.05. The molecule has 0 aliphatic rings. The Balaban J connectivity index is 1.72. The van der Waals surface area contributed by atoms with Crippen molar-refractivity contribution < 1.29 is 19.4 Å². The summed E-state index contributed by atoms with van der Waals surface area (Å²) >= 11 is 6.21. The number of ether oxygens (including phenoxy) is 1. The fourth-order valence-electron chi connectivity index (χ4n) is 2.81. The number of aliphatic carboxylic acids is 1. The third kappa shape index (κ3) is 5.36. The number of carboxylic acids is 1. The monoisotopic (exact) mass is 409 g/mol. The van der Waals surface area contributed by atoms with Crippen molar-refractivity contribution in [2.75, 3.05) is 6.61 Å². The highest BCUT2D eigenvalue weighted by Crippen LogP contribution is 2.23. The van der Waals surface area contributed by atoms with Crippen molar-refractivity contribution in [2.45, 2.75) is 13.5 Å². The third-order valence-corrected chi connectivity index (χ3v) is 4.65. The normalized spacial score (nSPS) is 11.0. The Bertz CT molecular complexity index is 1050. The number of ketones is 1. The molecule has 0 saturated heterocycles. The first-order chi connectivity index (χ1) is 13.9. The van der Waals surface area contributed by atoms with Gasteiger partial charge in [0.05, 0.1) is 5.69 Å². The number of halogens is 1. The van der Waals surface area contributed by atoms with Crippen LogP contribution in [0.1, 0.15) is 27.2 Å². The van der Waals surface area contributed by atoms with E-state index < -0.39 is 12.6 Å². The predicted molar refractivity (Wildman–Crippen MR) is 113 cm³/mol. The quantitative estimate of drug-likeness (QED) is 0.539. The SMILES string of the molecule is Cc1ccc(C(=O)c2cccn2CC=Cc2cc(OCC(=O)O)ccc2Cl)cc1. The second-order valence-electron chi connectivity index (χ2n) is 6.51. The first-order valence-corrected chi connectivity index (χ1v) is 9.39. The van der Waals surface area contributed by atoms with Crippen molar-refractivity contribution >= 4 is 29.4 Å². The second kappa shape index (κ2) is 9.26. The number of aryl methyl sites for hydroxylation is 1. The van der Waals surface area contributed by atoms with Crippen LogP contribution in [0.15, 0.2) is 66.9 Å². The maximum atomic E-state index is 12.8. The molecule has 0 fully saturated rings. The summed E-state index contributed by atoms with van der Waals surface area (Å²) in [5.74, 6) is -0.659. The summed E-state index contributed by atoms with van der Waals surface area (Å²) in [4.78, 5) is 23.4. The van der Waals surface area contributed by atoms with E-state index in [0.717, 1.165) is 5.56 Å². The van der Waals surface area contributed by atoms with Gasteiger partial charge in [-0.3, -0.25) is 4.79 Å². The van der Waals surface area contributed by atoms with Crippen LogP contribution in [-0.4, -0.2) is 28.0 Å². The van der Waals surface area contributed by atoms with Crippen LogP contribution in [0.4, 0.5) is 0 Å². The summed E-state index contributed by atoms with van der Waals surface area (Å²) in [6.45, 7) is 2.05. The number of carboxylic acid groups (broad SMARTS) is 1. The lowest BCUT2D eigenvalue weighted by Crippen LogP contribution is -2.09. The van der Waals surface area contributed by atoms with E-state index in [1.807, 2.05) is 60.2 Å². The zero-order valence-electron chi connectivity index (χ0n) is 15.8. The van der Waals surface area contributed by atoms with E-state index in [2.05, 4.69) is 0 Å². The van der Waals surface area contributed by atoms with Gasteiger partial charge in [-0.2, -0.15) is 0 Å². The van der Waals surface area contributed by atoms with E-state index in [1.165, 1.54) is 0 Å². The van der Waals surface area contributed by atoms with Crippen molar-refractivity contribution in [1.29, 1.82) is 0 Å². The largest absolute Gasteiger partial charge is 0.482 e. The number of carbonyl (C=O) groups is 2. The zero-order valence-corrected chi connectivity index (χ0v) is 16.6. The van der Waals surface area contributed by atoms with Crippen molar-refractivity contribution in [3.63, 3.8) is 0 Å². The van der Waals surface area contributed by atoms with Gasteiger partial charge in [-0.25, -0.2) is 4.79 Å². The standard InChI is InChI=1S/C23H20ClNO4/c1-16-6-8-17(9-7-16)23(28)21-5-3-13-25(21)12-2-4-18-14-19(10-11-20(18)24)29-15-22(26)27/h2-11,13-14H,12,15H2,1H3,(H,26,27). The van der Waals surface area contributed by atoms with Crippen LogP contribution in [0.25, 0.3) is 6.08 Å². The summed E-state index contributed by atoms with van der Waals surface area (Å²) in [5, 5.41) is 9.24. The first-order valence-electron chi connectivity index (χ1n) is 9.01. The molecular weight excluding hydrogens is 390 g/mol. The van der Waals surface area contributed by atoms with Gasteiger partial charge in [-0.05, 0) is 42.8 Å². The van der Waals surface area contributed by atoms with Gasteiger partial charge in [0.15, 0.2) is 6.61 Å². The van der Waals surface area contributed by atoms with Crippen LogP contribution in [-0.2, 0) is 11.3 Å². The molecule has 1 heterocycles. The molecular formula is C23H20ClNO4. The number of carbonyl (C=O) groups excluding carboxylic acids is 1. The first kappa shape index (κ1) is 20.4. The highest BCUT2D eigenvalue weighted by Gasteiger charge is 2.12. The summed E-state index contributed by atoms with van der Waals surface area (Å²) in [5.41, 5.74) is 3.05. The molecule has 3 aromatic rings. The van der Waals surface area contributed by atoms with Gasteiger partial charge in [0, 0.05) is 23.3 Å². The van der Waals surface area contributed by atoms with Crippen molar-refractivity contribution in [2.24, 2.45) is 0 Å². The molecule has 29 heavy (non-hydrogen) atoms. The van der Waals surface area contributed by atoms with Gasteiger partial charge in [0.2, 0.25) is 5.78 Å². The van der Waals surface area contributed by atoms with E-state index in [-0.39, 0.29) is 5.78 Å². The molecule has 5 nitrogen and oxygen atoms in total. The average Bonchev–Trinajstić information content (AvgIpc) is 3.17. The Hall–Kier alpha value is -3.31. The molecule has 0 spiro atoms. The molecule has 6 heteroatoms. The number of rotatable bonds is 8. The smallest absolute Gasteiger partial charge is 0.341 e. The maximum absolute atomic E-state index is 12.8. The Morgan fingerprint density at radius 1 is 1.14 bits per heavy atom. The molecule has 0 aliphatic carbocycles. The van der Waals surface area contributed by atoms with Crippen molar-refractivity contribution in [3.8, 4) is 5.75 Å². The van der Waals surface area contributed by atoms with Crippen LogP contribution in [0.3, 0.4) is 0 Å². The minimum Gasteiger partial charge on any atom is -0.482 e. The van der Waals surface area contributed by atoms with Gasteiger partial charge < -0.3 is 14.4 Å². The number of hydrogen-bond acceptors (Lipinski definition) is 3. The van der Waals surface area contributed by atoms with Gasteiger partial charge in [-0.15, -0.1) is 0 Å². The number of allylic oxidation sites excluding steroid dienone is 1. The van der Waals surface area contributed by atoms with Crippen molar-refractivity contribution in [1.82, 2.24) is 4.57 Å². The molecule has 0 radical (unpaired) electrons. The molecule has 2 aromatic carbocycles. The Morgan fingerprint density at radius 2 is 1.90 bits per heavy atom. The van der Waals surface area contributed by atoms with Crippen molar-refractivity contribution in [3.05, 3.63) is 94.3 Å². The van der Waals surface area contributed by atoms with Gasteiger partial charge in [0.1, 0.15) is 5.75 Å². The van der Waals surface area contributed by atoms with Crippen LogP contribution in [0, 0.1) is 6.92 Å². The third-order valence-electron chi connectivity index (χ3n) is 4.31. The lowest BCUT2D eigenvalue weighted by molar-refractivity contribution is -0.139. The molecule has 1 aromatic heterocycles. The van der Waals surface area contributed by atoms with E-state index >= 15 is 0 Å². The number of benzene rings is 2. The van der Waals surface area contributed by atoms with E-state index in [9.17, 15) is 9.59 Å². The molecule has 0 aliphatic heterocycles. The summed E-state index contributed by atoms with van der Waals surface area (Å²) in [7, 11) is 0. The summed E-state index contributed by atoms with van der Waals surface area (Å²) < 4.78 is 7.04. The fourth-order valence-corrected chi connectivity index (χ4v) is 2.99. The van der Waals surface area contributed by atoms with Gasteiger partial charge in [-0.1, -0.05) is 53.6 Å². The molecule has 0 amide bonds. The number of aromatic nitrogens is 1. The minimum absolute atomic E-state index is 0.0366. The summed E-state index contributed by atoms with van der Waals surface area (Å²) in [6, 6.07) is 16.1. The molecule has 1 N–H and O–H groups in total. The molecule has 0 unspecified atom stereocenters. The van der Waals surface area contributed by atoms with Gasteiger partial charge in [0.25, 0.3) is 0 Å². The molecule has 0 bridgehead atoms. The predicted octanol–water partition coefficient (Wildman–Crippen LogP) is 4.86. The Kier molecular flexibility index (Phi) is 6.52. The maximum Gasteiger partial charge on any atom is 0.341 e. The number of nitrogens with zero attached hydrogens (tertiary/aromatic N) is 1. The van der Waals surface area contributed by atoms with Gasteiger partial charge >= 0.3 is 5.97 Å². The van der Waals surface area contributed by atoms with Crippen LogP contribution in [0.5, 0.6) is 5.75 Å². The highest BCUT2D eigenvalue weighted by atomic mass is 35.5. The molecule has 3 rings (SSSR count). The molecule has 0 saturated carbocycles. The Labute approximate surface area is 173 Å². The second-order valence-corrected chi connectivity index (χ2v) is 6.92. The molecule has 0 atom stereocenters. The lowest BCUT2D eigenvalue weighted by atomic mass is 10.1. The van der Waals surface area contributed by atoms with E-state index in [4.69, 9.17) is 21.4 Å². The van der Waals surface area contributed by atoms with Crippen LogP contribution >= 0.6 is 11.6 Å². The van der Waals surface area contributed by atoms with Crippen LogP contribution < -0.4 is 4.74 Å².